The second kappa shape index (κ2) is 8.53. The van der Waals surface area contributed by atoms with Crippen molar-refractivity contribution in [3.05, 3.63) is 58.9 Å². The highest BCUT2D eigenvalue weighted by Crippen LogP contribution is 2.34. The summed E-state index contributed by atoms with van der Waals surface area (Å²) in [6.07, 6.45) is 1.66. The summed E-state index contributed by atoms with van der Waals surface area (Å²) in [6, 6.07) is 11.2. The first-order valence-corrected chi connectivity index (χ1v) is 11.0. The number of benzene rings is 2. The molecule has 0 aliphatic carbocycles. The fourth-order valence-corrected chi connectivity index (χ4v) is 4.47. The van der Waals surface area contributed by atoms with Gasteiger partial charge in [-0.15, -0.1) is 5.10 Å². The van der Waals surface area contributed by atoms with E-state index in [0.717, 1.165) is 33.3 Å². The Labute approximate surface area is 195 Å². The fourth-order valence-electron chi connectivity index (χ4n) is 4.28. The molecule has 4 aromatic rings. The number of nitrogens with one attached hydrogen (secondary N) is 1. The van der Waals surface area contributed by atoms with Crippen LogP contribution in [0.25, 0.3) is 22.0 Å². The first kappa shape index (κ1) is 21.5. The van der Waals surface area contributed by atoms with E-state index in [1.165, 1.54) is 0 Å². The molecule has 0 bridgehead atoms. The number of nitrogens with zero attached hydrogens (tertiary/aromatic N) is 3. The van der Waals surface area contributed by atoms with Crippen molar-refractivity contribution in [2.24, 2.45) is 5.92 Å². The molecule has 33 heavy (non-hydrogen) atoms. The molecule has 2 atom stereocenters. The van der Waals surface area contributed by atoms with Crippen molar-refractivity contribution < 1.29 is 19.4 Å². The van der Waals surface area contributed by atoms with Crippen molar-refractivity contribution in [3.8, 4) is 22.8 Å². The maximum atomic E-state index is 13.5. The fraction of sp³-hybridized carbons (Fsp3) is 0.292. The van der Waals surface area contributed by atoms with Gasteiger partial charge >= 0.3 is 0 Å². The van der Waals surface area contributed by atoms with Gasteiger partial charge in [-0.05, 0) is 54.8 Å². The van der Waals surface area contributed by atoms with Crippen LogP contribution in [0.15, 0.2) is 42.6 Å². The topological polar surface area (TPSA) is 102 Å². The number of aliphatic hydroxyl groups excluding tert-OH is 1. The van der Waals surface area contributed by atoms with Crippen LogP contribution in [0.3, 0.4) is 0 Å². The molecule has 0 amide bonds. The molecule has 2 aromatic heterocycles. The summed E-state index contributed by atoms with van der Waals surface area (Å²) < 4.78 is 12.8. The van der Waals surface area contributed by atoms with Gasteiger partial charge < -0.3 is 14.6 Å². The molecule has 0 fully saturated rings. The highest BCUT2D eigenvalue weighted by Gasteiger charge is 2.30. The van der Waals surface area contributed by atoms with Gasteiger partial charge in [0, 0.05) is 16.6 Å². The number of ether oxygens (including phenoxy) is 2. The summed E-state index contributed by atoms with van der Waals surface area (Å²) in [5, 5.41) is 22.9. The van der Waals surface area contributed by atoms with Crippen LogP contribution in [0, 0.1) is 5.92 Å². The van der Waals surface area contributed by atoms with Gasteiger partial charge in [-0.25, -0.2) is 0 Å². The molecule has 3 heterocycles. The molecule has 1 unspecified atom stereocenters. The van der Waals surface area contributed by atoms with Gasteiger partial charge in [0.05, 0.1) is 43.4 Å². The zero-order valence-electron chi connectivity index (χ0n) is 18.2. The number of rotatable bonds is 6. The average Bonchev–Trinajstić information content (AvgIpc) is 3.42. The third-order valence-electron chi connectivity index (χ3n) is 5.83. The summed E-state index contributed by atoms with van der Waals surface area (Å²) in [5.74, 6) is 0.766. The van der Waals surface area contributed by atoms with Crippen LogP contribution in [-0.2, 0) is 13.0 Å². The molecule has 2 N–H and O–H groups in total. The maximum absolute atomic E-state index is 13.5. The average molecular weight is 467 g/mol. The highest BCUT2D eigenvalue weighted by molar-refractivity contribution is 6.30. The van der Waals surface area contributed by atoms with Gasteiger partial charge in [0.1, 0.15) is 11.4 Å². The van der Waals surface area contributed by atoms with Crippen LogP contribution in [0.5, 0.6) is 11.6 Å². The second-order valence-corrected chi connectivity index (χ2v) is 8.68. The van der Waals surface area contributed by atoms with E-state index in [0.29, 0.717) is 23.0 Å². The van der Waals surface area contributed by atoms with E-state index < -0.39 is 6.10 Å². The Balaban J connectivity index is 1.54. The van der Waals surface area contributed by atoms with Crippen molar-refractivity contribution in [1.82, 2.24) is 20.0 Å². The van der Waals surface area contributed by atoms with Crippen LogP contribution in [-0.4, -0.2) is 50.7 Å². The van der Waals surface area contributed by atoms with E-state index in [1.807, 2.05) is 30.3 Å². The van der Waals surface area contributed by atoms with E-state index in [9.17, 15) is 9.90 Å². The molecule has 9 heteroatoms. The number of aromatic nitrogens is 4. The minimum absolute atomic E-state index is 0.0939. The predicted octanol–water partition coefficient (Wildman–Crippen LogP) is 3.90. The molecule has 170 valence electrons. The monoisotopic (exact) mass is 466 g/mol. The van der Waals surface area contributed by atoms with Crippen molar-refractivity contribution >= 4 is 28.3 Å². The van der Waals surface area contributed by atoms with Gasteiger partial charge in [0.25, 0.3) is 0 Å². The number of Topliss-reactive ketones (excluding diaryl/α,β-unsaturated/α-hetero) is 1. The number of hydrogen-bond donors (Lipinski definition) is 2. The minimum atomic E-state index is -0.629. The van der Waals surface area contributed by atoms with Crippen molar-refractivity contribution in [2.75, 3.05) is 13.7 Å². The maximum Gasteiger partial charge on any atom is 0.240 e. The zero-order chi connectivity index (χ0) is 23.1. The molecular weight excluding hydrogens is 444 g/mol. The molecule has 1 aliphatic heterocycles. The summed E-state index contributed by atoms with van der Waals surface area (Å²) in [4.78, 5) is 13.5. The number of methoxy groups -OCH3 is 1. The predicted molar refractivity (Wildman–Crippen MR) is 124 cm³/mol. The Morgan fingerprint density at radius 3 is 3.00 bits per heavy atom. The Morgan fingerprint density at radius 2 is 2.21 bits per heavy atom. The quantitative estimate of drug-likeness (QED) is 0.418. The number of aromatic amines is 1. The van der Waals surface area contributed by atoms with E-state index in [2.05, 4.69) is 15.3 Å². The normalized spacial score (nSPS) is 16.3. The number of H-pyrrole nitrogens is 1. The molecular formula is C24H23ClN4O4. The van der Waals surface area contributed by atoms with Crippen molar-refractivity contribution in [3.63, 3.8) is 0 Å². The molecule has 0 saturated heterocycles. The Bertz CT molecular complexity index is 1340. The number of aliphatic hydroxyl groups is 1. The number of carbonyl (C=O) groups is 1. The number of hydrogen-bond acceptors (Lipinski definition) is 6. The van der Waals surface area contributed by atoms with Gasteiger partial charge in [0.15, 0.2) is 5.78 Å². The first-order valence-electron chi connectivity index (χ1n) is 10.7. The third-order valence-corrected chi connectivity index (χ3v) is 6.07. The number of ketones is 1. The Kier molecular flexibility index (Phi) is 5.55. The lowest BCUT2D eigenvalue weighted by atomic mass is 9.91. The lowest BCUT2D eigenvalue weighted by Crippen LogP contribution is -2.29. The molecule has 8 nitrogen and oxygen atoms in total. The molecule has 0 spiro atoms. The summed E-state index contributed by atoms with van der Waals surface area (Å²) in [5.41, 5.74) is 3.69. The van der Waals surface area contributed by atoms with Crippen molar-refractivity contribution in [2.45, 2.75) is 26.0 Å². The molecule has 5 rings (SSSR count). The Hall–Kier alpha value is -3.36. The van der Waals surface area contributed by atoms with E-state index >= 15 is 0 Å². The standard InChI is InChI=1S/C24H23ClN4O4/c1-13(30)11-29-20-9-14(19-10-26-27-24(19)32-2)3-5-18(20)22(28-29)23(31)16-7-15-8-17(25)4-6-21(15)33-12-16/h3-6,8-10,13,16,30H,7,11-12H2,1-2H3,(H,26,27)/t13-,16?/m0/s1. The number of carbonyl (C=O) groups excluding carboxylic acids is 1. The first-order chi connectivity index (χ1) is 15.9. The minimum Gasteiger partial charge on any atom is -0.493 e. The highest BCUT2D eigenvalue weighted by atomic mass is 35.5. The van der Waals surface area contributed by atoms with Gasteiger partial charge in [-0.1, -0.05) is 17.7 Å². The second-order valence-electron chi connectivity index (χ2n) is 8.25. The summed E-state index contributed by atoms with van der Waals surface area (Å²) in [7, 11) is 1.56. The lowest BCUT2D eigenvalue weighted by Gasteiger charge is -2.24. The molecule has 0 saturated carbocycles. The molecule has 0 radical (unpaired) electrons. The van der Waals surface area contributed by atoms with Gasteiger partial charge in [-0.2, -0.15) is 5.10 Å². The van der Waals surface area contributed by atoms with Crippen LogP contribution in [0.2, 0.25) is 5.02 Å². The summed E-state index contributed by atoms with van der Waals surface area (Å²) in [6.45, 7) is 2.23. The van der Waals surface area contributed by atoms with Crippen LogP contribution in [0.1, 0.15) is 23.0 Å². The van der Waals surface area contributed by atoms with Crippen LogP contribution in [0.4, 0.5) is 0 Å². The SMILES string of the molecule is COc1n[nH]cc1-c1ccc2c(C(=O)C3COc4ccc(Cl)cc4C3)nn(C[C@H](C)O)c2c1. The van der Waals surface area contributed by atoms with Crippen molar-refractivity contribution in [1.29, 1.82) is 0 Å². The van der Waals surface area contributed by atoms with Gasteiger partial charge in [-0.3, -0.25) is 14.6 Å². The van der Waals surface area contributed by atoms with E-state index in [4.69, 9.17) is 21.1 Å². The molecule has 2 aromatic carbocycles. The smallest absolute Gasteiger partial charge is 0.240 e. The molecule has 1 aliphatic rings. The third kappa shape index (κ3) is 3.96. The Morgan fingerprint density at radius 1 is 1.36 bits per heavy atom. The van der Waals surface area contributed by atoms with E-state index in [-0.39, 0.29) is 24.9 Å². The van der Waals surface area contributed by atoms with Gasteiger partial charge in [0.2, 0.25) is 5.88 Å². The van der Waals surface area contributed by atoms with E-state index in [1.54, 1.807) is 31.0 Å². The van der Waals surface area contributed by atoms with Crippen LogP contribution >= 0.6 is 11.6 Å². The lowest BCUT2D eigenvalue weighted by molar-refractivity contribution is 0.0849. The zero-order valence-corrected chi connectivity index (χ0v) is 19.0. The van der Waals surface area contributed by atoms with Crippen LogP contribution < -0.4 is 9.47 Å². The number of fused-ring (bicyclic) bond motifs is 2. The summed E-state index contributed by atoms with van der Waals surface area (Å²) >= 11 is 6.13. The largest absolute Gasteiger partial charge is 0.493 e. The number of halogens is 1.